The van der Waals surface area contributed by atoms with E-state index in [9.17, 15) is 29.1 Å². The minimum atomic E-state index is -1.28. The van der Waals surface area contributed by atoms with Crippen LogP contribution in [-0.4, -0.2) is 127 Å². The fraction of sp³-hybridized carbons (Fsp3) is 0.758. The highest BCUT2D eigenvalue weighted by Gasteiger charge is 2.22. The fourth-order valence-electron chi connectivity index (χ4n) is 10.0. The van der Waals surface area contributed by atoms with E-state index in [1.807, 2.05) is 0 Å². The van der Waals surface area contributed by atoms with Gasteiger partial charge in [-0.15, -0.1) is 0 Å². The second kappa shape index (κ2) is 51.6. The maximum atomic E-state index is 12.9. The van der Waals surface area contributed by atoms with Gasteiger partial charge < -0.3 is 55.8 Å². The Morgan fingerprint density at radius 1 is 0.581 bits per heavy atom. The zero-order valence-electron chi connectivity index (χ0n) is 53.0. The lowest BCUT2D eigenvalue weighted by Crippen LogP contribution is -2.41. The second-order valence-corrected chi connectivity index (χ2v) is 22.9. The van der Waals surface area contributed by atoms with Gasteiger partial charge in [0.15, 0.2) is 11.2 Å². The van der Waals surface area contributed by atoms with E-state index in [0.29, 0.717) is 64.0 Å². The van der Waals surface area contributed by atoms with Gasteiger partial charge in [0.2, 0.25) is 11.9 Å². The number of nitrogens with one attached hydrogen (secondary N) is 5. The molecule has 86 heavy (non-hydrogen) atoms. The Balaban J connectivity index is 1.20. The number of unbranched alkanes of at least 4 members (excludes halogenated alkanes) is 30. The Labute approximate surface area is 514 Å². The number of carboxylic acids is 1. The highest BCUT2D eigenvalue weighted by Crippen LogP contribution is 2.17. The third-order valence-corrected chi connectivity index (χ3v) is 15.2. The van der Waals surface area contributed by atoms with Crippen LogP contribution in [0, 0.1) is 0 Å². The van der Waals surface area contributed by atoms with E-state index in [2.05, 4.69) is 55.1 Å². The van der Waals surface area contributed by atoms with Crippen molar-refractivity contribution in [2.24, 2.45) is 0 Å². The van der Waals surface area contributed by atoms with Gasteiger partial charge in [-0.3, -0.25) is 19.4 Å². The van der Waals surface area contributed by atoms with Crippen molar-refractivity contribution in [3.63, 3.8) is 0 Å². The van der Waals surface area contributed by atoms with Crippen LogP contribution in [0.4, 0.5) is 16.4 Å². The van der Waals surface area contributed by atoms with Gasteiger partial charge in [0, 0.05) is 50.6 Å². The summed E-state index contributed by atoms with van der Waals surface area (Å²) in [6.07, 6.45) is 43.3. The molecule has 3 aromatic rings. The molecular weight excluding hydrogens is 1090 g/mol. The van der Waals surface area contributed by atoms with Crippen LogP contribution in [0.2, 0.25) is 0 Å². The van der Waals surface area contributed by atoms with Gasteiger partial charge in [0.05, 0.1) is 44.9 Å². The molecule has 3 rings (SSSR count). The molecule has 0 aliphatic rings. The summed E-state index contributed by atoms with van der Waals surface area (Å²) in [5, 5.41) is 20.9. The van der Waals surface area contributed by atoms with Crippen molar-refractivity contribution < 1.29 is 48.0 Å². The van der Waals surface area contributed by atoms with Gasteiger partial charge in [-0.1, -0.05) is 206 Å². The van der Waals surface area contributed by atoms with Crippen LogP contribution in [0.1, 0.15) is 255 Å². The van der Waals surface area contributed by atoms with Gasteiger partial charge in [0.25, 0.3) is 11.5 Å². The molecule has 0 aliphatic carbocycles. The quantitative estimate of drug-likeness (QED) is 0.0259. The first-order valence-corrected chi connectivity index (χ1v) is 33.5. The Hall–Kier alpha value is -5.44. The third-order valence-electron chi connectivity index (χ3n) is 15.2. The number of ether oxygens (including phenoxy) is 5. The number of H-pyrrole nitrogens is 1. The number of fused-ring (bicyclic) bond motifs is 1. The first kappa shape index (κ1) is 74.8. The van der Waals surface area contributed by atoms with Gasteiger partial charge >= 0.3 is 12.1 Å². The van der Waals surface area contributed by atoms with Crippen LogP contribution >= 0.6 is 0 Å². The van der Waals surface area contributed by atoms with Crippen molar-refractivity contribution in [2.45, 2.75) is 257 Å². The zero-order chi connectivity index (χ0) is 61.8. The van der Waals surface area contributed by atoms with E-state index in [1.165, 1.54) is 198 Å². The number of nitrogens with zero attached hydrogens (tertiary/aromatic N) is 3. The number of rotatable bonds is 58. The molecule has 20 heteroatoms. The van der Waals surface area contributed by atoms with Crippen molar-refractivity contribution in [1.82, 2.24) is 35.9 Å². The van der Waals surface area contributed by atoms with Crippen LogP contribution in [0.15, 0.2) is 35.3 Å². The van der Waals surface area contributed by atoms with Crippen molar-refractivity contribution in [3.05, 3.63) is 52.1 Å². The number of alkyl carbamates (subject to hydrolysis) is 1. The second-order valence-electron chi connectivity index (χ2n) is 22.9. The predicted molar refractivity (Wildman–Crippen MR) is 343 cm³/mol. The molecule has 0 spiro atoms. The normalized spacial score (nSPS) is 12.1. The molecule has 0 bridgehead atoms. The number of nitrogen functional groups attached to an aromatic ring is 1. The van der Waals surface area contributed by atoms with E-state index >= 15 is 0 Å². The number of amides is 3. The molecule has 0 saturated carbocycles. The van der Waals surface area contributed by atoms with Crippen LogP contribution in [0.25, 0.3) is 11.2 Å². The number of hydrogen-bond acceptors (Lipinski definition) is 15. The maximum Gasteiger partial charge on any atom is 0.407 e. The molecule has 2 aromatic heterocycles. The molecule has 8 N–H and O–H groups in total. The predicted octanol–water partition coefficient (Wildman–Crippen LogP) is 13.1. The zero-order valence-corrected chi connectivity index (χ0v) is 53.0. The topological polar surface area (TPSA) is 280 Å². The first-order chi connectivity index (χ1) is 42.1. The Morgan fingerprint density at radius 3 is 1.64 bits per heavy atom. The molecule has 3 amide bonds. The van der Waals surface area contributed by atoms with Gasteiger partial charge in [-0.05, 0) is 49.9 Å². The van der Waals surface area contributed by atoms with E-state index in [1.54, 1.807) is 12.1 Å². The number of aromatic nitrogens is 4. The maximum absolute atomic E-state index is 12.9. The Kier molecular flexibility index (Phi) is 44.9. The van der Waals surface area contributed by atoms with E-state index < -0.39 is 29.6 Å². The molecule has 2 heterocycles. The lowest BCUT2D eigenvalue weighted by atomic mass is 10.0. The summed E-state index contributed by atoms with van der Waals surface area (Å²) in [7, 11) is 0. The molecule has 0 saturated heterocycles. The summed E-state index contributed by atoms with van der Waals surface area (Å²) in [4.78, 5) is 76.9. The lowest BCUT2D eigenvalue weighted by molar-refractivity contribution is -0.139. The first-order valence-electron chi connectivity index (χ1n) is 33.5. The van der Waals surface area contributed by atoms with Gasteiger partial charge in [0.1, 0.15) is 18.8 Å². The Morgan fingerprint density at radius 2 is 1.09 bits per heavy atom. The number of aliphatic carboxylic acids is 1. The summed E-state index contributed by atoms with van der Waals surface area (Å²) in [6.45, 7) is 8.47. The summed E-state index contributed by atoms with van der Waals surface area (Å²) in [6, 6.07) is 5.07. The number of anilines is 2. The van der Waals surface area contributed by atoms with Crippen molar-refractivity contribution >= 4 is 46.7 Å². The molecular formula is C66H113N9O11. The van der Waals surface area contributed by atoms with Crippen LogP contribution in [-0.2, 0) is 39.8 Å². The molecule has 0 aliphatic heterocycles. The van der Waals surface area contributed by atoms with Gasteiger partial charge in [-0.2, -0.15) is 4.98 Å². The average Bonchev–Trinajstić information content (AvgIpc) is 2.19. The van der Waals surface area contributed by atoms with Crippen LogP contribution in [0.3, 0.4) is 0 Å². The summed E-state index contributed by atoms with van der Waals surface area (Å²) in [5.41, 5.74) is 6.59. The average molecular weight is 1210 g/mol. The number of nitrogens with two attached hydrogens (primary N) is 1. The van der Waals surface area contributed by atoms with E-state index in [0.717, 1.165) is 25.7 Å². The largest absolute Gasteiger partial charge is 0.480 e. The van der Waals surface area contributed by atoms with Crippen LogP contribution in [0.5, 0.6) is 0 Å². The molecule has 20 nitrogen and oxygen atoms in total. The summed E-state index contributed by atoms with van der Waals surface area (Å²) < 4.78 is 29.0. The third kappa shape index (κ3) is 39.4. The number of benzene rings is 1. The van der Waals surface area contributed by atoms with Gasteiger partial charge in [-0.25, -0.2) is 19.6 Å². The Bertz CT molecular complexity index is 2260. The van der Waals surface area contributed by atoms with E-state index in [-0.39, 0.29) is 73.8 Å². The van der Waals surface area contributed by atoms with E-state index in [4.69, 9.17) is 29.4 Å². The van der Waals surface area contributed by atoms with Crippen LogP contribution < -0.4 is 32.6 Å². The minimum absolute atomic E-state index is 0.0548. The number of hydrogen-bond donors (Lipinski definition) is 7. The minimum Gasteiger partial charge on any atom is -0.480 e. The fourth-order valence-corrected chi connectivity index (χ4v) is 10.0. The highest BCUT2D eigenvalue weighted by atomic mass is 16.6. The standard InChI is InChI=1S/C66H113N9O11/c1-3-5-7-9-11-13-15-17-19-21-23-25-27-29-31-33-44-84-52-57(85-46-34-32-30-28-26-24-22-20-18-16-14-12-10-8-6-4-2)53-86-66(81)69-43-47-83-49-48-82-45-35-42-68-59(76)41-40-58(64(79)80)73-62(77)54-36-38-55(39-37-54)70-50-56-51-71-61-60(72-56)63(78)75-65(67)74-61/h36-39,51,57-58,70H,3-35,40-50,52-53H2,1-2H3,(H,68,76)(H,69,81)(H,73,77)(H,79,80)(H3,67,71,74,75,78)/t57-,58+/m1/s1. The number of aromatic amines is 1. The SMILES string of the molecule is CCCCCCCCCCCCCCCCCCOC[C@H](COC(=O)NCCOCCOCCCNC(=O)CC[C@H](NC(=O)c1ccc(NCc2cnc3nc(N)[nH]c(=O)c3n2)cc1)C(=O)O)OCCCCCCCCCCCCCCCCCC. The summed E-state index contributed by atoms with van der Waals surface area (Å²) >= 11 is 0. The number of carbonyl (C=O) groups excluding carboxylic acids is 3. The van der Waals surface area contributed by atoms with Crippen molar-refractivity contribution in [1.29, 1.82) is 0 Å². The van der Waals surface area contributed by atoms with Crippen molar-refractivity contribution in [2.75, 3.05) is 77.0 Å². The molecule has 1 aromatic carbocycles. The molecule has 488 valence electrons. The highest BCUT2D eigenvalue weighted by molar-refractivity contribution is 5.97. The molecule has 0 radical (unpaired) electrons. The molecule has 2 atom stereocenters. The monoisotopic (exact) mass is 1210 g/mol. The summed E-state index contributed by atoms with van der Waals surface area (Å²) in [5.74, 6) is -2.27. The number of carboxylic acid groups (broad SMARTS) is 1. The number of carbonyl (C=O) groups is 4. The molecule has 0 fully saturated rings. The lowest BCUT2D eigenvalue weighted by Gasteiger charge is -2.18. The molecule has 0 unspecified atom stereocenters. The van der Waals surface area contributed by atoms with Crippen molar-refractivity contribution in [3.8, 4) is 0 Å². The smallest absolute Gasteiger partial charge is 0.407 e.